The summed E-state index contributed by atoms with van der Waals surface area (Å²) in [4.78, 5) is 24.1. The summed E-state index contributed by atoms with van der Waals surface area (Å²) in [6.07, 6.45) is 3.62. The van der Waals surface area contributed by atoms with Crippen LogP contribution in [0.4, 0.5) is 5.69 Å². The number of carbonyl (C=O) groups excluding carboxylic acids is 1. The molecule has 1 aliphatic rings. The third kappa shape index (κ3) is 5.20. The molecule has 0 spiro atoms. The largest absolute Gasteiger partial charge is 0.357 e. The van der Waals surface area contributed by atoms with Crippen molar-refractivity contribution < 1.29 is 4.79 Å². The minimum Gasteiger partial charge on any atom is -0.357 e. The molecule has 1 unspecified atom stereocenters. The second-order valence-corrected chi connectivity index (χ2v) is 8.11. The summed E-state index contributed by atoms with van der Waals surface area (Å²) >= 11 is 1.72. The quantitative estimate of drug-likeness (QED) is 0.513. The number of hydrogen-bond acceptors (Lipinski definition) is 5. The van der Waals surface area contributed by atoms with E-state index in [1.165, 1.54) is 5.56 Å². The molecule has 9 heteroatoms. The van der Waals surface area contributed by atoms with Gasteiger partial charge in [-0.15, -0.1) is 0 Å². The van der Waals surface area contributed by atoms with Gasteiger partial charge in [-0.25, -0.2) is 0 Å². The molecule has 1 saturated heterocycles. The summed E-state index contributed by atoms with van der Waals surface area (Å²) in [5.74, 6) is 0.877. The van der Waals surface area contributed by atoms with E-state index in [9.17, 15) is 4.79 Å². The Bertz CT molecular complexity index is 828. The van der Waals surface area contributed by atoms with Crippen molar-refractivity contribution in [3.63, 3.8) is 0 Å². The van der Waals surface area contributed by atoms with Crippen LogP contribution in [0.25, 0.3) is 0 Å². The molecular weight excluding hydrogens is 398 g/mol. The molecule has 8 nitrogen and oxygen atoms in total. The predicted molar refractivity (Wildman–Crippen MR) is 123 cm³/mol. The van der Waals surface area contributed by atoms with Gasteiger partial charge < -0.3 is 15.1 Å². The Hall–Kier alpha value is -2.39. The van der Waals surface area contributed by atoms with Gasteiger partial charge in [-0.2, -0.15) is 16.4 Å². The van der Waals surface area contributed by atoms with Crippen molar-refractivity contribution >= 4 is 28.9 Å². The molecule has 0 radical (unpaired) electrons. The topological polar surface area (TPSA) is 69.0 Å². The molecule has 1 N–H and O–H groups in total. The highest BCUT2D eigenvalue weighted by molar-refractivity contribution is 7.07. The zero-order chi connectivity index (χ0) is 21.5. The van der Waals surface area contributed by atoms with Crippen LogP contribution >= 0.6 is 11.3 Å². The third-order valence-electron chi connectivity index (χ3n) is 5.45. The summed E-state index contributed by atoms with van der Waals surface area (Å²) in [5.41, 5.74) is 2.16. The van der Waals surface area contributed by atoms with Gasteiger partial charge in [0.25, 0.3) is 0 Å². The van der Waals surface area contributed by atoms with Crippen LogP contribution in [0.2, 0.25) is 0 Å². The zero-order valence-corrected chi connectivity index (χ0v) is 19.2. The minimum absolute atomic E-state index is 0.0676. The van der Waals surface area contributed by atoms with Gasteiger partial charge in [-0.3, -0.25) is 19.4 Å². The maximum atomic E-state index is 12.8. The van der Waals surface area contributed by atoms with Crippen molar-refractivity contribution in [2.45, 2.75) is 26.8 Å². The number of aliphatic imine (C=N–C) groups is 1. The van der Waals surface area contributed by atoms with E-state index in [0.29, 0.717) is 19.6 Å². The van der Waals surface area contributed by atoms with E-state index >= 15 is 0 Å². The van der Waals surface area contributed by atoms with Gasteiger partial charge >= 0.3 is 0 Å². The fourth-order valence-corrected chi connectivity index (χ4v) is 4.54. The Labute approximate surface area is 183 Å². The normalized spacial score (nSPS) is 16.4. The van der Waals surface area contributed by atoms with Gasteiger partial charge in [0, 0.05) is 32.9 Å². The molecule has 0 aromatic carbocycles. The molecular formula is C21H33N7OS. The van der Waals surface area contributed by atoms with E-state index in [0.717, 1.165) is 37.8 Å². The lowest BCUT2D eigenvalue weighted by Gasteiger charge is -2.36. The molecule has 3 heterocycles. The van der Waals surface area contributed by atoms with Crippen molar-refractivity contribution in [3.8, 4) is 0 Å². The van der Waals surface area contributed by atoms with Crippen LogP contribution in [0.15, 0.2) is 34.2 Å². The maximum Gasteiger partial charge on any atom is 0.246 e. The second kappa shape index (κ2) is 10.6. The van der Waals surface area contributed by atoms with Gasteiger partial charge in [-0.1, -0.05) is 13.8 Å². The number of nitrogens with zero attached hydrogens (tertiary/aromatic N) is 6. The number of likely N-dealkylation sites (N-methyl/N-ethyl adjacent to an activating group) is 1. The van der Waals surface area contributed by atoms with Crippen LogP contribution in [0.3, 0.4) is 0 Å². The summed E-state index contributed by atoms with van der Waals surface area (Å²) in [6.45, 7) is 11.5. The minimum atomic E-state index is 0.0676. The summed E-state index contributed by atoms with van der Waals surface area (Å²) in [7, 11) is 1.86. The van der Waals surface area contributed by atoms with Gasteiger partial charge in [0.1, 0.15) is 6.54 Å². The Morgan fingerprint density at radius 1 is 1.33 bits per heavy atom. The molecule has 2 aromatic heterocycles. The van der Waals surface area contributed by atoms with Crippen LogP contribution in [0.1, 0.15) is 32.4 Å². The molecule has 1 aliphatic heterocycles. The van der Waals surface area contributed by atoms with E-state index in [1.54, 1.807) is 27.1 Å². The van der Waals surface area contributed by atoms with Crippen LogP contribution in [0.5, 0.6) is 0 Å². The maximum absolute atomic E-state index is 12.8. The van der Waals surface area contributed by atoms with Crippen molar-refractivity contribution in [2.75, 3.05) is 50.7 Å². The van der Waals surface area contributed by atoms with Crippen LogP contribution < -0.4 is 10.2 Å². The van der Waals surface area contributed by atoms with E-state index in [2.05, 4.69) is 57.8 Å². The van der Waals surface area contributed by atoms with E-state index in [4.69, 9.17) is 4.99 Å². The monoisotopic (exact) mass is 431 g/mol. The number of anilines is 1. The first-order valence-corrected chi connectivity index (χ1v) is 11.6. The highest BCUT2D eigenvalue weighted by atomic mass is 32.1. The molecule has 1 fully saturated rings. The number of amides is 1. The zero-order valence-electron chi connectivity index (χ0n) is 18.4. The highest BCUT2D eigenvalue weighted by Gasteiger charge is 2.28. The molecule has 1 atom stereocenters. The fraction of sp³-hybridized carbons (Fsp3) is 0.571. The molecule has 0 bridgehead atoms. The number of thiophene rings is 1. The van der Waals surface area contributed by atoms with Crippen molar-refractivity contribution in [1.29, 1.82) is 0 Å². The average molecular weight is 432 g/mol. The number of nitrogens with one attached hydrogen (secondary N) is 1. The smallest absolute Gasteiger partial charge is 0.246 e. The standard InChI is InChI=1S/C21H33N7OS/c1-5-22-21(23-13-19(26(6-2)7-3)17-8-11-30-16-17)27-9-10-28(20(29)15-27)18-12-24-25(4)14-18/h8,11-12,14,16,19H,5-7,9-10,13,15H2,1-4H3,(H,22,23). The lowest BCUT2D eigenvalue weighted by Crippen LogP contribution is -2.55. The van der Waals surface area contributed by atoms with Crippen LogP contribution in [-0.2, 0) is 11.8 Å². The lowest BCUT2D eigenvalue weighted by atomic mass is 10.1. The Morgan fingerprint density at radius 3 is 2.70 bits per heavy atom. The molecule has 3 rings (SSSR count). The number of piperazine rings is 1. The molecule has 1 amide bonds. The van der Waals surface area contributed by atoms with E-state index in [-0.39, 0.29) is 11.9 Å². The lowest BCUT2D eigenvalue weighted by molar-refractivity contribution is -0.120. The molecule has 164 valence electrons. The molecule has 0 aliphatic carbocycles. The Balaban J connectivity index is 1.73. The van der Waals surface area contributed by atoms with Crippen molar-refractivity contribution in [1.82, 2.24) is 24.9 Å². The number of aryl methyl sites for hydroxylation is 1. The van der Waals surface area contributed by atoms with Gasteiger partial charge in [0.05, 0.1) is 24.5 Å². The number of hydrogen-bond donors (Lipinski definition) is 1. The first-order chi connectivity index (χ1) is 14.6. The number of carbonyl (C=O) groups is 1. The molecule has 2 aromatic rings. The first kappa shape index (κ1) is 22.3. The van der Waals surface area contributed by atoms with Gasteiger partial charge in [0.2, 0.25) is 5.91 Å². The van der Waals surface area contributed by atoms with Crippen LogP contribution in [0, 0.1) is 0 Å². The van der Waals surface area contributed by atoms with E-state index in [1.807, 2.05) is 13.2 Å². The van der Waals surface area contributed by atoms with Crippen molar-refractivity contribution in [3.05, 3.63) is 34.8 Å². The summed E-state index contributed by atoms with van der Waals surface area (Å²) < 4.78 is 1.72. The summed E-state index contributed by atoms with van der Waals surface area (Å²) in [5, 5.41) is 11.9. The fourth-order valence-electron chi connectivity index (χ4n) is 3.83. The molecule has 30 heavy (non-hydrogen) atoms. The predicted octanol–water partition coefficient (Wildman–Crippen LogP) is 2.18. The number of aromatic nitrogens is 2. The van der Waals surface area contributed by atoms with Gasteiger partial charge in [0.15, 0.2) is 5.96 Å². The highest BCUT2D eigenvalue weighted by Crippen LogP contribution is 2.23. The Kier molecular flexibility index (Phi) is 7.87. The van der Waals surface area contributed by atoms with Crippen molar-refractivity contribution in [2.24, 2.45) is 12.0 Å². The summed E-state index contributed by atoms with van der Waals surface area (Å²) in [6, 6.07) is 2.43. The van der Waals surface area contributed by atoms with E-state index < -0.39 is 0 Å². The Morgan fingerprint density at radius 2 is 2.13 bits per heavy atom. The SMILES string of the molecule is CCNC(=NCC(c1ccsc1)N(CC)CC)N1CCN(c2cnn(C)c2)C(=O)C1. The number of guanidine groups is 1. The second-order valence-electron chi connectivity index (χ2n) is 7.33. The van der Waals surface area contributed by atoms with Gasteiger partial charge in [-0.05, 0) is 42.4 Å². The van der Waals surface area contributed by atoms with Crippen LogP contribution in [-0.4, -0.2) is 77.3 Å². The molecule has 0 saturated carbocycles. The first-order valence-electron chi connectivity index (χ1n) is 10.7. The number of rotatable bonds is 8. The third-order valence-corrected chi connectivity index (χ3v) is 6.15. The average Bonchev–Trinajstić information content (AvgIpc) is 3.42.